The Labute approximate surface area is 102 Å². The van der Waals surface area contributed by atoms with E-state index in [-0.39, 0.29) is 5.75 Å². The number of hydrogen-bond donors (Lipinski definition) is 2. The molecule has 0 aliphatic carbocycles. The van der Waals surface area contributed by atoms with Crippen LogP contribution < -0.4 is 0 Å². The maximum absolute atomic E-state index is 9.78. The number of nitrogens with one attached hydrogen (secondary N) is 1. The Morgan fingerprint density at radius 3 is 2.76 bits per heavy atom. The second kappa shape index (κ2) is 5.04. The number of unbranched alkanes of at least 4 members (excludes halogenated alkanes) is 1. The van der Waals surface area contributed by atoms with Gasteiger partial charge in [0.15, 0.2) is 0 Å². The summed E-state index contributed by atoms with van der Waals surface area (Å²) in [5.74, 6) is 1.02. The first-order valence-electron chi connectivity index (χ1n) is 6.06. The highest BCUT2D eigenvalue weighted by atomic mass is 16.3. The fraction of sp³-hybridized carbons (Fsp3) is 0.357. The SMILES string of the molecule is CCCCc1nc(-c2ccccc2O)[nH]c1C. The van der Waals surface area contributed by atoms with Crippen LogP contribution in [0, 0.1) is 6.92 Å². The summed E-state index contributed by atoms with van der Waals surface area (Å²) in [5.41, 5.74) is 2.96. The van der Waals surface area contributed by atoms with Crippen LogP contribution in [0.5, 0.6) is 5.75 Å². The number of H-pyrrole nitrogens is 1. The Bertz CT molecular complexity index is 503. The second-order valence-corrected chi connectivity index (χ2v) is 4.28. The molecule has 0 bridgehead atoms. The van der Waals surface area contributed by atoms with Crippen molar-refractivity contribution in [1.82, 2.24) is 9.97 Å². The molecule has 0 amide bonds. The Kier molecular flexibility index (Phi) is 3.47. The molecule has 0 fully saturated rings. The molecule has 0 aliphatic heterocycles. The number of aromatic amines is 1. The van der Waals surface area contributed by atoms with Gasteiger partial charge in [0.1, 0.15) is 11.6 Å². The van der Waals surface area contributed by atoms with Gasteiger partial charge in [0.05, 0.1) is 11.3 Å². The highest BCUT2D eigenvalue weighted by Crippen LogP contribution is 2.27. The Morgan fingerprint density at radius 1 is 1.29 bits per heavy atom. The van der Waals surface area contributed by atoms with Gasteiger partial charge in [0.2, 0.25) is 0 Å². The summed E-state index contributed by atoms with van der Waals surface area (Å²) in [4.78, 5) is 7.80. The molecule has 3 heteroatoms. The lowest BCUT2D eigenvalue weighted by Crippen LogP contribution is -1.87. The molecule has 1 aromatic carbocycles. The van der Waals surface area contributed by atoms with E-state index in [0.29, 0.717) is 0 Å². The van der Waals surface area contributed by atoms with Gasteiger partial charge in [-0.15, -0.1) is 0 Å². The minimum atomic E-state index is 0.267. The fourth-order valence-corrected chi connectivity index (χ4v) is 1.89. The standard InChI is InChI=1S/C14H18N2O/c1-3-4-8-12-10(2)15-14(16-12)11-7-5-6-9-13(11)17/h5-7,9,17H,3-4,8H2,1-2H3,(H,15,16). The highest BCUT2D eigenvalue weighted by molar-refractivity contribution is 5.63. The molecule has 90 valence electrons. The van der Waals surface area contributed by atoms with Gasteiger partial charge in [-0.25, -0.2) is 4.98 Å². The molecule has 0 aliphatic rings. The highest BCUT2D eigenvalue weighted by Gasteiger charge is 2.10. The maximum Gasteiger partial charge on any atom is 0.141 e. The number of phenolic OH excluding ortho intramolecular Hbond substituents is 1. The van der Waals surface area contributed by atoms with E-state index in [1.165, 1.54) is 0 Å². The van der Waals surface area contributed by atoms with Gasteiger partial charge < -0.3 is 10.1 Å². The van der Waals surface area contributed by atoms with Crippen molar-refractivity contribution in [3.63, 3.8) is 0 Å². The lowest BCUT2D eigenvalue weighted by atomic mass is 10.2. The van der Waals surface area contributed by atoms with Crippen molar-refractivity contribution in [1.29, 1.82) is 0 Å². The summed E-state index contributed by atoms with van der Waals surface area (Å²) in [7, 11) is 0. The molecule has 0 atom stereocenters. The van der Waals surface area contributed by atoms with Crippen molar-refractivity contribution in [2.75, 3.05) is 0 Å². The van der Waals surface area contributed by atoms with Crippen molar-refractivity contribution < 1.29 is 5.11 Å². The van der Waals surface area contributed by atoms with E-state index < -0.39 is 0 Å². The molecular formula is C14H18N2O. The Balaban J connectivity index is 2.31. The average molecular weight is 230 g/mol. The quantitative estimate of drug-likeness (QED) is 0.845. The number of aromatic nitrogens is 2. The summed E-state index contributed by atoms with van der Waals surface area (Å²) in [5, 5.41) is 9.78. The first-order valence-corrected chi connectivity index (χ1v) is 6.06. The van der Waals surface area contributed by atoms with Crippen LogP contribution in [0.15, 0.2) is 24.3 Å². The van der Waals surface area contributed by atoms with Gasteiger partial charge in [-0.2, -0.15) is 0 Å². The first-order chi connectivity index (χ1) is 8.22. The summed E-state index contributed by atoms with van der Waals surface area (Å²) in [6.07, 6.45) is 3.30. The van der Waals surface area contributed by atoms with Crippen molar-refractivity contribution in [2.45, 2.75) is 33.1 Å². The third-order valence-corrected chi connectivity index (χ3v) is 2.91. The van der Waals surface area contributed by atoms with Crippen LogP contribution >= 0.6 is 0 Å². The number of rotatable bonds is 4. The molecule has 0 saturated carbocycles. The van der Waals surface area contributed by atoms with Crippen LogP contribution in [0.25, 0.3) is 11.4 Å². The van der Waals surface area contributed by atoms with Crippen molar-refractivity contribution in [2.24, 2.45) is 0 Å². The zero-order chi connectivity index (χ0) is 12.3. The molecule has 17 heavy (non-hydrogen) atoms. The molecule has 2 N–H and O–H groups in total. The smallest absolute Gasteiger partial charge is 0.141 e. The van der Waals surface area contributed by atoms with E-state index in [0.717, 1.165) is 42.0 Å². The van der Waals surface area contributed by atoms with Crippen LogP contribution in [0.4, 0.5) is 0 Å². The summed E-state index contributed by atoms with van der Waals surface area (Å²) >= 11 is 0. The number of aromatic hydroxyl groups is 1. The lowest BCUT2D eigenvalue weighted by molar-refractivity contribution is 0.477. The van der Waals surface area contributed by atoms with Gasteiger partial charge in [0, 0.05) is 5.69 Å². The minimum absolute atomic E-state index is 0.267. The van der Waals surface area contributed by atoms with Crippen LogP contribution in [0.1, 0.15) is 31.2 Å². The van der Waals surface area contributed by atoms with Crippen LogP contribution in [0.3, 0.4) is 0 Å². The molecule has 2 aromatic rings. The van der Waals surface area contributed by atoms with Crippen LogP contribution in [0.2, 0.25) is 0 Å². The molecule has 0 saturated heterocycles. The Hall–Kier alpha value is -1.77. The summed E-state index contributed by atoms with van der Waals surface area (Å²) < 4.78 is 0. The van der Waals surface area contributed by atoms with Gasteiger partial charge in [-0.3, -0.25) is 0 Å². The number of nitrogens with zero attached hydrogens (tertiary/aromatic N) is 1. The molecule has 0 unspecified atom stereocenters. The number of aryl methyl sites for hydroxylation is 2. The number of imidazole rings is 1. The van der Waals surface area contributed by atoms with E-state index in [4.69, 9.17) is 0 Å². The molecule has 3 nitrogen and oxygen atoms in total. The molecule has 0 spiro atoms. The fourth-order valence-electron chi connectivity index (χ4n) is 1.89. The largest absolute Gasteiger partial charge is 0.507 e. The minimum Gasteiger partial charge on any atom is -0.507 e. The zero-order valence-corrected chi connectivity index (χ0v) is 10.3. The maximum atomic E-state index is 9.78. The first kappa shape index (κ1) is 11.7. The van der Waals surface area contributed by atoms with E-state index in [2.05, 4.69) is 16.9 Å². The van der Waals surface area contributed by atoms with Gasteiger partial charge in [-0.1, -0.05) is 25.5 Å². The summed E-state index contributed by atoms with van der Waals surface area (Å²) in [6, 6.07) is 7.27. The number of para-hydroxylation sites is 1. The molecule has 1 aromatic heterocycles. The van der Waals surface area contributed by atoms with Crippen molar-refractivity contribution in [3.8, 4) is 17.1 Å². The summed E-state index contributed by atoms with van der Waals surface area (Å²) in [6.45, 7) is 4.20. The van der Waals surface area contributed by atoms with Gasteiger partial charge in [-0.05, 0) is 31.9 Å². The number of hydrogen-bond acceptors (Lipinski definition) is 2. The van der Waals surface area contributed by atoms with Crippen molar-refractivity contribution >= 4 is 0 Å². The predicted octanol–water partition coefficient (Wildman–Crippen LogP) is 3.43. The van der Waals surface area contributed by atoms with Gasteiger partial charge in [0.25, 0.3) is 0 Å². The third-order valence-electron chi connectivity index (χ3n) is 2.91. The monoisotopic (exact) mass is 230 g/mol. The number of benzene rings is 1. The topological polar surface area (TPSA) is 48.9 Å². The second-order valence-electron chi connectivity index (χ2n) is 4.28. The predicted molar refractivity (Wildman–Crippen MR) is 69.0 cm³/mol. The zero-order valence-electron chi connectivity index (χ0n) is 10.3. The lowest BCUT2D eigenvalue weighted by Gasteiger charge is -1.99. The normalized spacial score (nSPS) is 10.7. The van der Waals surface area contributed by atoms with E-state index >= 15 is 0 Å². The molecule has 0 radical (unpaired) electrons. The van der Waals surface area contributed by atoms with Crippen molar-refractivity contribution in [3.05, 3.63) is 35.7 Å². The molecular weight excluding hydrogens is 212 g/mol. The van der Waals surface area contributed by atoms with E-state index in [9.17, 15) is 5.11 Å². The molecule has 2 rings (SSSR count). The van der Waals surface area contributed by atoms with E-state index in [1.807, 2.05) is 25.1 Å². The Morgan fingerprint density at radius 2 is 2.06 bits per heavy atom. The third kappa shape index (κ3) is 2.49. The van der Waals surface area contributed by atoms with Crippen LogP contribution in [-0.2, 0) is 6.42 Å². The van der Waals surface area contributed by atoms with E-state index in [1.54, 1.807) is 6.07 Å². The average Bonchev–Trinajstić information content (AvgIpc) is 2.68. The molecule has 1 heterocycles. The number of phenols is 1. The van der Waals surface area contributed by atoms with Crippen LogP contribution in [-0.4, -0.2) is 15.1 Å². The van der Waals surface area contributed by atoms with Gasteiger partial charge >= 0.3 is 0 Å².